The first-order chi connectivity index (χ1) is 5.70. The van der Waals surface area contributed by atoms with Gasteiger partial charge in [0.25, 0.3) is 0 Å². The van der Waals surface area contributed by atoms with Gasteiger partial charge in [0, 0.05) is 12.3 Å². The van der Waals surface area contributed by atoms with E-state index in [1.807, 2.05) is 6.07 Å². The molecule has 1 aromatic rings. The van der Waals surface area contributed by atoms with Crippen molar-refractivity contribution in [2.75, 3.05) is 0 Å². The van der Waals surface area contributed by atoms with Crippen LogP contribution in [0.15, 0.2) is 30.5 Å². The molecule has 0 amide bonds. The van der Waals surface area contributed by atoms with E-state index in [0.717, 1.165) is 0 Å². The number of hydrogen-bond acceptors (Lipinski definition) is 3. The zero-order valence-electron chi connectivity index (χ0n) is 6.82. The monoisotopic (exact) mass is 162 g/mol. The maximum absolute atomic E-state index is 10.6. The van der Waals surface area contributed by atoms with Crippen LogP contribution in [0.1, 0.15) is 12.6 Å². The maximum Gasteiger partial charge on any atom is 0.154 e. The maximum atomic E-state index is 10.6. The van der Waals surface area contributed by atoms with Gasteiger partial charge in [0.1, 0.15) is 0 Å². The van der Waals surface area contributed by atoms with Crippen LogP contribution in [0, 0.1) is 0 Å². The Morgan fingerprint density at radius 3 is 2.83 bits per heavy atom. The van der Waals surface area contributed by atoms with E-state index in [1.165, 1.54) is 13.0 Å². The molecule has 0 spiro atoms. The molecule has 1 aromatic heterocycles. The molecule has 0 aliphatic carbocycles. The predicted molar refractivity (Wildman–Crippen MR) is 47.1 cm³/mol. The van der Waals surface area contributed by atoms with Crippen LogP contribution in [0.2, 0.25) is 0 Å². The third-order valence-electron chi connectivity index (χ3n) is 1.32. The Balaban J connectivity index is 2.93. The van der Waals surface area contributed by atoms with Gasteiger partial charge in [-0.2, -0.15) is 0 Å². The number of hydrogen-bond donors (Lipinski definition) is 1. The van der Waals surface area contributed by atoms with Crippen molar-refractivity contribution >= 4 is 11.5 Å². The van der Waals surface area contributed by atoms with Crippen molar-refractivity contribution < 1.29 is 4.79 Å². The third-order valence-corrected chi connectivity index (χ3v) is 1.32. The van der Waals surface area contributed by atoms with Gasteiger partial charge in [-0.1, -0.05) is 6.07 Å². The molecule has 0 saturated carbocycles. The molecule has 3 heteroatoms. The van der Waals surface area contributed by atoms with Gasteiger partial charge in [-0.3, -0.25) is 9.78 Å². The lowest BCUT2D eigenvalue weighted by molar-refractivity contribution is -0.112. The summed E-state index contributed by atoms with van der Waals surface area (Å²) in [4.78, 5) is 14.6. The number of carbonyl (C=O) groups excluding carboxylic acids is 1. The minimum atomic E-state index is -0.0712. The molecule has 0 radical (unpaired) electrons. The van der Waals surface area contributed by atoms with Crippen molar-refractivity contribution in [3.05, 3.63) is 36.2 Å². The van der Waals surface area contributed by atoms with Crippen LogP contribution in [0.3, 0.4) is 0 Å². The zero-order chi connectivity index (χ0) is 8.97. The Hall–Kier alpha value is -1.64. The molecule has 62 valence electrons. The van der Waals surface area contributed by atoms with Crippen LogP contribution in [-0.4, -0.2) is 10.8 Å². The van der Waals surface area contributed by atoms with Gasteiger partial charge < -0.3 is 5.73 Å². The number of pyridine rings is 1. The summed E-state index contributed by atoms with van der Waals surface area (Å²) in [6.45, 7) is 1.45. The molecule has 0 aromatic carbocycles. The first-order valence-electron chi connectivity index (χ1n) is 3.59. The molecule has 3 nitrogen and oxygen atoms in total. The molecule has 0 aliphatic heterocycles. The Morgan fingerprint density at radius 1 is 1.58 bits per heavy atom. The highest BCUT2D eigenvalue weighted by Crippen LogP contribution is 2.03. The van der Waals surface area contributed by atoms with Gasteiger partial charge in [0.05, 0.1) is 11.4 Å². The van der Waals surface area contributed by atoms with E-state index in [-0.39, 0.29) is 5.78 Å². The molecule has 0 unspecified atom stereocenters. The second-order valence-electron chi connectivity index (χ2n) is 2.43. The fourth-order valence-electron chi connectivity index (χ4n) is 0.826. The summed E-state index contributed by atoms with van der Waals surface area (Å²) in [7, 11) is 0. The van der Waals surface area contributed by atoms with E-state index in [0.29, 0.717) is 11.4 Å². The number of nitrogens with two attached hydrogens (primary N) is 1. The summed E-state index contributed by atoms with van der Waals surface area (Å²) >= 11 is 0. The van der Waals surface area contributed by atoms with Crippen LogP contribution in [0.5, 0.6) is 0 Å². The first-order valence-corrected chi connectivity index (χ1v) is 3.59. The van der Waals surface area contributed by atoms with Crippen LogP contribution in [-0.2, 0) is 4.79 Å². The van der Waals surface area contributed by atoms with Gasteiger partial charge in [-0.25, -0.2) is 0 Å². The predicted octanol–water partition coefficient (Wildman–Crippen LogP) is 0.970. The van der Waals surface area contributed by atoms with E-state index >= 15 is 0 Å². The average molecular weight is 162 g/mol. The number of nitrogens with zero attached hydrogens (tertiary/aromatic N) is 1. The van der Waals surface area contributed by atoms with Crippen LogP contribution >= 0.6 is 0 Å². The molecule has 0 fully saturated rings. The minimum absolute atomic E-state index is 0.0712. The second kappa shape index (κ2) is 3.67. The molecule has 1 heterocycles. The second-order valence-corrected chi connectivity index (χ2v) is 2.43. The van der Waals surface area contributed by atoms with Gasteiger partial charge in [0.2, 0.25) is 0 Å². The summed E-state index contributed by atoms with van der Waals surface area (Å²) in [5, 5.41) is 0. The Bertz CT molecular complexity index is 304. The van der Waals surface area contributed by atoms with E-state index in [9.17, 15) is 4.79 Å². The van der Waals surface area contributed by atoms with E-state index in [4.69, 9.17) is 5.73 Å². The minimum Gasteiger partial charge on any atom is -0.397 e. The largest absolute Gasteiger partial charge is 0.397 e. The number of rotatable bonds is 2. The smallest absolute Gasteiger partial charge is 0.154 e. The van der Waals surface area contributed by atoms with Crippen LogP contribution in [0.4, 0.5) is 0 Å². The zero-order valence-corrected chi connectivity index (χ0v) is 6.82. The first kappa shape index (κ1) is 8.46. The van der Waals surface area contributed by atoms with Crippen molar-refractivity contribution in [2.24, 2.45) is 5.73 Å². The molecule has 0 saturated heterocycles. The number of aromatic nitrogens is 1. The van der Waals surface area contributed by atoms with Crippen molar-refractivity contribution in [1.82, 2.24) is 4.98 Å². The third kappa shape index (κ3) is 2.20. The molecule has 2 N–H and O–H groups in total. The highest BCUT2D eigenvalue weighted by atomic mass is 16.1. The molecule has 1 rings (SSSR count). The Kier molecular flexibility index (Phi) is 2.58. The van der Waals surface area contributed by atoms with Crippen molar-refractivity contribution in [3.63, 3.8) is 0 Å². The molecule has 0 aliphatic rings. The average Bonchev–Trinajstić information content (AvgIpc) is 2.05. The lowest BCUT2D eigenvalue weighted by atomic mass is 10.2. The van der Waals surface area contributed by atoms with Gasteiger partial charge in [-0.15, -0.1) is 0 Å². The molecule has 12 heavy (non-hydrogen) atoms. The SMILES string of the molecule is CC(=O)/C=C(\N)c1ccccn1. The van der Waals surface area contributed by atoms with E-state index < -0.39 is 0 Å². The van der Waals surface area contributed by atoms with Gasteiger partial charge in [-0.05, 0) is 19.1 Å². The molecular formula is C9H10N2O. The summed E-state index contributed by atoms with van der Waals surface area (Å²) in [6.07, 6.45) is 3.00. The van der Waals surface area contributed by atoms with Crippen molar-refractivity contribution in [1.29, 1.82) is 0 Å². The summed E-state index contributed by atoms with van der Waals surface area (Å²) < 4.78 is 0. The standard InChI is InChI=1S/C9H10N2O/c1-7(12)6-8(10)9-4-2-3-5-11-9/h2-6H,10H2,1H3/b8-6-. The Morgan fingerprint density at radius 2 is 2.33 bits per heavy atom. The van der Waals surface area contributed by atoms with Crippen molar-refractivity contribution in [3.8, 4) is 0 Å². The lowest BCUT2D eigenvalue weighted by Crippen LogP contribution is -2.00. The van der Waals surface area contributed by atoms with Crippen molar-refractivity contribution in [2.45, 2.75) is 6.92 Å². The topological polar surface area (TPSA) is 56.0 Å². The van der Waals surface area contributed by atoms with Gasteiger partial charge >= 0.3 is 0 Å². The molecule has 0 atom stereocenters. The fourth-order valence-corrected chi connectivity index (χ4v) is 0.826. The van der Waals surface area contributed by atoms with Crippen LogP contribution < -0.4 is 5.73 Å². The summed E-state index contributed by atoms with van der Waals surface area (Å²) in [5.74, 6) is -0.0712. The lowest BCUT2D eigenvalue weighted by Gasteiger charge is -1.97. The summed E-state index contributed by atoms with van der Waals surface area (Å²) in [6, 6.07) is 5.38. The fraction of sp³-hybridized carbons (Fsp3) is 0.111. The van der Waals surface area contributed by atoms with E-state index in [1.54, 1.807) is 18.3 Å². The number of carbonyl (C=O) groups is 1. The highest BCUT2D eigenvalue weighted by Gasteiger charge is 1.96. The quantitative estimate of drug-likeness (QED) is 0.659. The summed E-state index contributed by atoms with van der Waals surface area (Å²) in [5.41, 5.74) is 6.61. The number of ketones is 1. The number of allylic oxidation sites excluding steroid dienone is 1. The van der Waals surface area contributed by atoms with Crippen LogP contribution in [0.25, 0.3) is 5.70 Å². The highest BCUT2D eigenvalue weighted by molar-refractivity contribution is 5.93. The normalized spacial score (nSPS) is 11.2. The molecular weight excluding hydrogens is 152 g/mol. The Labute approximate surface area is 70.9 Å². The molecule has 0 bridgehead atoms. The van der Waals surface area contributed by atoms with Gasteiger partial charge in [0.15, 0.2) is 5.78 Å². The van der Waals surface area contributed by atoms with E-state index in [2.05, 4.69) is 4.98 Å².